The van der Waals surface area contributed by atoms with E-state index in [1.807, 2.05) is 0 Å². The molecule has 2 aliphatic rings. The van der Waals surface area contributed by atoms with Crippen LogP contribution in [0.1, 0.15) is 52.9 Å². The Hall–Kier alpha value is -0.0800. The highest BCUT2D eigenvalue weighted by Gasteiger charge is 2.36. The largest absolute Gasteiger partial charge is 0.315 e. The molecule has 0 amide bonds. The van der Waals surface area contributed by atoms with Gasteiger partial charge in [0.2, 0.25) is 0 Å². The highest BCUT2D eigenvalue weighted by molar-refractivity contribution is 4.92. The van der Waals surface area contributed by atoms with Gasteiger partial charge in [-0.25, -0.2) is 0 Å². The first kappa shape index (κ1) is 14.3. The van der Waals surface area contributed by atoms with Crippen LogP contribution in [0.3, 0.4) is 0 Å². The zero-order valence-electron chi connectivity index (χ0n) is 12.8. The summed E-state index contributed by atoms with van der Waals surface area (Å²) in [6.07, 6.45) is 7.14. The third-order valence-corrected chi connectivity index (χ3v) is 5.24. The second-order valence-corrected chi connectivity index (χ2v) is 6.81. The van der Waals surface area contributed by atoms with Crippen molar-refractivity contribution in [1.82, 2.24) is 10.2 Å². The number of hydrogen-bond donors (Lipinski definition) is 1. The van der Waals surface area contributed by atoms with E-state index in [4.69, 9.17) is 0 Å². The van der Waals surface area contributed by atoms with Crippen LogP contribution in [0, 0.1) is 17.8 Å². The second-order valence-electron chi connectivity index (χ2n) is 6.81. The van der Waals surface area contributed by atoms with Crippen molar-refractivity contribution in [3.63, 3.8) is 0 Å². The van der Waals surface area contributed by atoms with Crippen LogP contribution in [0.15, 0.2) is 0 Å². The fourth-order valence-electron chi connectivity index (χ4n) is 3.66. The summed E-state index contributed by atoms with van der Waals surface area (Å²) in [4.78, 5) is 2.77. The maximum atomic E-state index is 3.58. The molecule has 18 heavy (non-hydrogen) atoms. The van der Waals surface area contributed by atoms with Crippen molar-refractivity contribution in [3.8, 4) is 0 Å². The van der Waals surface area contributed by atoms with E-state index >= 15 is 0 Å². The van der Waals surface area contributed by atoms with Crippen LogP contribution in [0.5, 0.6) is 0 Å². The fraction of sp³-hybridized carbons (Fsp3) is 1.00. The van der Waals surface area contributed by atoms with Crippen LogP contribution in [0.25, 0.3) is 0 Å². The van der Waals surface area contributed by atoms with Gasteiger partial charge >= 0.3 is 0 Å². The van der Waals surface area contributed by atoms with Crippen molar-refractivity contribution in [2.24, 2.45) is 17.8 Å². The Labute approximate surface area is 114 Å². The van der Waals surface area contributed by atoms with Crippen LogP contribution in [0.2, 0.25) is 0 Å². The molecule has 3 unspecified atom stereocenters. The molecule has 2 rings (SSSR count). The van der Waals surface area contributed by atoms with Crippen molar-refractivity contribution in [3.05, 3.63) is 0 Å². The lowest BCUT2D eigenvalue weighted by Gasteiger charge is -2.43. The molecular formula is C16H32N2. The number of likely N-dealkylation sites (N-methyl/N-ethyl adjacent to an activating group) is 2. The van der Waals surface area contributed by atoms with Crippen molar-refractivity contribution in [1.29, 1.82) is 0 Å². The lowest BCUT2D eigenvalue weighted by Crippen LogP contribution is -2.53. The topological polar surface area (TPSA) is 15.3 Å². The molecular weight excluding hydrogens is 220 g/mol. The molecule has 106 valence electrons. The molecule has 0 saturated heterocycles. The van der Waals surface area contributed by atoms with Crippen molar-refractivity contribution in [2.45, 2.75) is 65.0 Å². The van der Waals surface area contributed by atoms with E-state index in [-0.39, 0.29) is 0 Å². The minimum absolute atomic E-state index is 0.721. The van der Waals surface area contributed by atoms with Crippen LogP contribution in [-0.2, 0) is 0 Å². The molecule has 0 aliphatic heterocycles. The minimum atomic E-state index is 0.721. The third-order valence-electron chi connectivity index (χ3n) is 5.24. The summed E-state index contributed by atoms with van der Waals surface area (Å²) in [5, 5.41) is 3.58. The summed E-state index contributed by atoms with van der Waals surface area (Å²) in [6.45, 7) is 9.72. The van der Waals surface area contributed by atoms with Gasteiger partial charge in [0.25, 0.3) is 0 Å². The first-order chi connectivity index (χ1) is 8.65. The Morgan fingerprint density at radius 2 is 1.89 bits per heavy atom. The predicted molar refractivity (Wildman–Crippen MR) is 78.8 cm³/mol. The molecule has 2 saturated carbocycles. The van der Waals surface area contributed by atoms with Crippen molar-refractivity contribution >= 4 is 0 Å². The Bertz CT molecular complexity index is 247. The van der Waals surface area contributed by atoms with Crippen molar-refractivity contribution < 1.29 is 0 Å². The average Bonchev–Trinajstić information content (AvgIpc) is 3.19. The maximum Gasteiger partial charge on any atom is 0.0251 e. The smallest absolute Gasteiger partial charge is 0.0251 e. The van der Waals surface area contributed by atoms with E-state index in [0.717, 1.165) is 29.8 Å². The van der Waals surface area contributed by atoms with Crippen molar-refractivity contribution in [2.75, 3.05) is 20.1 Å². The quantitative estimate of drug-likeness (QED) is 0.781. The lowest BCUT2D eigenvalue weighted by molar-refractivity contribution is 0.0860. The maximum absolute atomic E-state index is 3.58. The van der Waals surface area contributed by atoms with E-state index in [1.54, 1.807) is 0 Å². The number of rotatable bonds is 6. The Balaban J connectivity index is 1.98. The molecule has 0 aromatic carbocycles. The summed E-state index contributed by atoms with van der Waals surface area (Å²) < 4.78 is 0. The van der Waals surface area contributed by atoms with Crippen LogP contribution < -0.4 is 5.32 Å². The van der Waals surface area contributed by atoms with Gasteiger partial charge in [0.15, 0.2) is 0 Å². The third kappa shape index (κ3) is 3.48. The number of hydrogen-bond acceptors (Lipinski definition) is 2. The Kier molecular flexibility index (Phi) is 5.08. The summed E-state index contributed by atoms with van der Waals surface area (Å²) in [5.74, 6) is 2.81. The molecule has 1 N–H and O–H groups in total. The molecule has 2 nitrogen and oxygen atoms in total. The first-order valence-corrected chi connectivity index (χ1v) is 8.07. The van der Waals surface area contributed by atoms with Gasteiger partial charge in [-0.1, -0.05) is 20.8 Å². The lowest BCUT2D eigenvalue weighted by atomic mass is 9.76. The van der Waals surface area contributed by atoms with Crippen LogP contribution in [0.4, 0.5) is 0 Å². The normalized spacial score (nSPS) is 33.3. The molecule has 0 heterocycles. The van der Waals surface area contributed by atoms with Gasteiger partial charge in [-0.2, -0.15) is 0 Å². The van der Waals surface area contributed by atoms with E-state index < -0.39 is 0 Å². The number of nitrogens with one attached hydrogen (secondary N) is 1. The van der Waals surface area contributed by atoms with E-state index in [2.05, 4.69) is 38.0 Å². The van der Waals surface area contributed by atoms with Crippen LogP contribution in [-0.4, -0.2) is 37.1 Å². The molecule has 3 atom stereocenters. The molecule has 0 aromatic heterocycles. The zero-order chi connectivity index (χ0) is 13.1. The van der Waals surface area contributed by atoms with E-state index in [1.165, 1.54) is 45.2 Å². The van der Waals surface area contributed by atoms with Gasteiger partial charge in [-0.15, -0.1) is 0 Å². The highest BCUT2D eigenvalue weighted by atomic mass is 15.2. The van der Waals surface area contributed by atoms with Gasteiger partial charge < -0.3 is 5.32 Å². The SMILES string of the molecule is CCN(CC1CC1)C1CC(C(C)C)CCC1NC. The molecule has 2 heteroatoms. The highest BCUT2D eigenvalue weighted by Crippen LogP contribution is 2.35. The standard InChI is InChI=1S/C16H32N2/c1-5-18(11-13-6-7-13)16-10-14(12(2)3)8-9-15(16)17-4/h12-17H,5-11H2,1-4H3. The average molecular weight is 252 g/mol. The van der Waals surface area contributed by atoms with Gasteiger partial charge in [0.1, 0.15) is 0 Å². The van der Waals surface area contributed by atoms with Gasteiger partial charge in [-0.05, 0) is 63.5 Å². The molecule has 0 radical (unpaired) electrons. The molecule has 2 aliphatic carbocycles. The summed E-state index contributed by atoms with van der Waals surface area (Å²) >= 11 is 0. The number of nitrogens with zero attached hydrogens (tertiary/aromatic N) is 1. The summed E-state index contributed by atoms with van der Waals surface area (Å²) in [6, 6.07) is 1.50. The van der Waals surface area contributed by atoms with Gasteiger partial charge in [0, 0.05) is 18.6 Å². The predicted octanol–water partition coefficient (Wildman–Crippen LogP) is 3.13. The van der Waals surface area contributed by atoms with Gasteiger partial charge in [0.05, 0.1) is 0 Å². The minimum Gasteiger partial charge on any atom is -0.315 e. The zero-order valence-corrected chi connectivity index (χ0v) is 12.8. The molecule has 2 fully saturated rings. The molecule has 0 spiro atoms. The van der Waals surface area contributed by atoms with E-state index in [9.17, 15) is 0 Å². The Morgan fingerprint density at radius 1 is 1.17 bits per heavy atom. The fourth-order valence-corrected chi connectivity index (χ4v) is 3.66. The summed E-state index contributed by atoms with van der Waals surface area (Å²) in [7, 11) is 2.15. The van der Waals surface area contributed by atoms with E-state index in [0.29, 0.717) is 0 Å². The Morgan fingerprint density at radius 3 is 2.39 bits per heavy atom. The molecule has 0 aromatic rings. The summed E-state index contributed by atoms with van der Waals surface area (Å²) in [5.41, 5.74) is 0. The van der Waals surface area contributed by atoms with Crippen LogP contribution >= 0.6 is 0 Å². The molecule has 0 bridgehead atoms. The second kappa shape index (κ2) is 6.38. The first-order valence-electron chi connectivity index (χ1n) is 8.07. The monoisotopic (exact) mass is 252 g/mol. The van der Waals surface area contributed by atoms with Gasteiger partial charge in [-0.3, -0.25) is 4.90 Å².